The Kier molecular flexibility index (Phi) is 5.21. The maximum atomic E-state index is 6.00. The van der Waals surface area contributed by atoms with Gasteiger partial charge in [-0.2, -0.15) is 0 Å². The Labute approximate surface area is 151 Å². The summed E-state index contributed by atoms with van der Waals surface area (Å²) in [6, 6.07) is 17.7. The van der Waals surface area contributed by atoms with Gasteiger partial charge >= 0.3 is 0 Å². The second-order valence-electron chi connectivity index (χ2n) is 6.19. The first-order valence-electron chi connectivity index (χ1n) is 8.39. The molecule has 24 heavy (non-hydrogen) atoms. The third-order valence-corrected chi connectivity index (χ3v) is 6.59. The van der Waals surface area contributed by atoms with E-state index < -0.39 is 0 Å². The highest BCUT2D eigenvalue weighted by atomic mass is 32.2. The molecule has 0 radical (unpaired) electrons. The van der Waals surface area contributed by atoms with Crippen LogP contribution in [0.2, 0.25) is 0 Å². The van der Waals surface area contributed by atoms with Crippen molar-refractivity contribution in [2.24, 2.45) is 0 Å². The van der Waals surface area contributed by atoms with Crippen molar-refractivity contribution in [1.82, 2.24) is 5.32 Å². The van der Waals surface area contributed by atoms with E-state index in [1.54, 1.807) is 0 Å². The van der Waals surface area contributed by atoms with Crippen LogP contribution in [-0.2, 0) is 6.42 Å². The summed E-state index contributed by atoms with van der Waals surface area (Å²) >= 11 is 3.88. The van der Waals surface area contributed by atoms with Crippen LogP contribution in [0.25, 0.3) is 0 Å². The molecule has 2 aromatic carbocycles. The Morgan fingerprint density at radius 2 is 1.96 bits per heavy atom. The molecule has 0 spiro atoms. The van der Waals surface area contributed by atoms with Gasteiger partial charge in [0.15, 0.2) is 0 Å². The number of hydrogen-bond donors (Lipinski definition) is 2. The predicted molar refractivity (Wildman–Crippen MR) is 104 cm³/mol. The lowest BCUT2D eigenvalue weighted by Gasteiger charge is -2.25. The van der Waals surface area contributed by atoms with Crippen LogP contribution in [0.3, 0.4) is 0 Å². The molecule has 0 amide bonds. The number of rotatable bonds is 5. The lowest BCUT2D eigenvalue weighted by molar-refractivity contribution is 0.319. The summed E-state index contributed by atoms with van der Waals surface area (Å²) in [7, 11) is 0. The Bertz CT molecular complexity index is 671. The van der Waals surface area contributed by atoms with Crippen LogP contribution in [-0.4, -0.2) is 36.1 Å². The first-order chi connectivity index (χ1) is 11.9. The van der Waals surface area contributed by atoms with Gasteiger partial charge in [0.25, 0.3) is 0 Å². The summed E-state index contributed by atoms with van der Waals surface area (Å²) in [5, 5.41) is 7.45. The molecular weight excluding hydrogens is 336 g/mol. The highest BCUT2D eigenvalue weighted by Crippen LogP contribution is 2.34. The molecule has 5 heteroatoms. The third-order valence-electron chi connectivity index (χ3n) is 4.34. The Morgan fingerprint density at radius 1 is 1.08 bits per heavy atom. The molecule has 0 bridgehead atoms. The molecule has 2 N–H and O–H groups in total. The average molecular weight is 359 g/mol. The molecular formula is C19H22N2OS2. The highest BCUT2D eigenvalue weighted by molar-refractivity contribution is 8.00. The number of para-hydroxylation sites is 1. The average Bonchev–Trinajstić information content (AvgIpc) is 3.14. The fourth-order valence-electron chi connectivity index (χ4n) is 3.02. The molecule has 2 heterocycles. The summed E-state index contributed by atoms with van der Waals surface area (Å²) in [5.41, 5.74) is 2.62. The van der Waals surface area contributed by atoms with Crippen LogP contribution in [0, 0.1) is 0 Å². The summed E-state index contributed by atoms with van der Waals surface area (Å²) in [6.07, 6.45) is 1.10. The van der Waals surface area contributed by atoms with E-state index in [2.05, 4.69) is 59.2 Å². The Balaban J connectivity index is 1.28. The van der Waals surface area contributed by atoms with E-state index in [1.165, 1.54) is 21.9 Å². The van der Waals surface area contributed by atoms with Gasteiger partial charge < -0.3 is 15.4 Å². The van der Waals surface area contributed by atoms with E-state index in [-0.39, 0.29) is 0 Å². The van der Waals surface area contributed by atoms with Crippen LogP contribution in [0.5, 0.6) is 5.75 Å². The quantitative estimate of drug-likeness (QED) is 0.848. The van der Waals surface area contributed by atoms with Gasteiger partial charge in [0.1, 0.15) is 12.4 Å². The number of ether oxygens (including phenoxy) is 1. The minimum Gasteiger partial charge on any atom is -0.492 e. The van der Waals surface area contributed by atoms with Crippen molar-refractivity contribution >= 4 is 29.2 Å². The number of benzene rings is 2. The molecule has 2 aliphatic heterocycles. The zero-order valence-corrected chi connectivity index (χ0v) is 15.2. The van der Waals surface area contributed by atoms with Crippen molar-refractivity contribution in [2.75, 3.05) is 30.1 Å². The van der Waals surface area contributed by atoms with Gasteiger partial charge in [0.2, 0.25) is 0 Å². The number of nitrogens with one attached hydrogen (secondary N) is 2. The van der Waals surface area contributed by atoms with Crippen molar-refractivity contribution in [3.8, 4) is 5.75 Å². The van der Waals surface area contributed by atoms with E-state index >= 15 is 0 Å². The van der Waals surface area contributed by atoms with Crippen LogP contribution in [0.15, 0.2) is 53.4 Å². The van der Waals surface area contributed by atoms with E-state index in [1.807, 2.05) is 23.5 Å². The fourth-order valence-corrected chi connectivity index (χ4v) is 5.09. The number of anilines is 1. The molecule has 1 fully saturated rings. The third kappa shape index (κ3) is 4.02. The van der Waals surface area contributed by atoms with E-state index in [4.69, 9.17) is 4.74 Å². The van der Waals surface area contributed by atoms with Gasteiger partial charge in [0.05, 0.1) is 5.25 Å². The first kappa shape index (κ1) is 16.2. The van der Waals surface area contributed by atoms with Gasteiger partial charge in [0, 0.05) is 34.8 Å². The summed E-state index contributed by atoms with van der Waals surface area (Å²) in [5.74, 6) is 3.26. The highest BCUT2D eigenvalue weighted by Gasteiger charge is 2.19. The molecule has 0 aromatic heterocycles. The zero-order valence-electron chi connectivity index (χ0n) is 13.5. The molecule has 126 valence electrons. The second-order valence-corrected chi connectivity index (χ2v) is 8.56. The number of thioether (sulfide) groups is 2. The summed E-state index contributed by atoms with van der Waals surface area (Å²) < 4.78 is 6.00. The molecule has 0 saturated carbocycles. The minimum atomic E-state index is 0.444. The molecule has 2 aromatic rings. The largest absolute Gasteiger partial charge is 0.492 e. The van der Waals surface area contributed by atoms with E-state index in [0.29, 0.717) is 11.3 Å². The van der Waals surface area contributed by atoms with Crippen LogP contribution >= 0.6 is 23.5 Å². The van der Waals surface area contributed by atoms with Crippen LogP contribution in [0.4, 0.5) is 5.69 Å². The van der Waals surface area contributed by atoms with E-state index in [0.717, 1.165) is 31.2 Å². The summed E-state index contributed by atoms with van der Waals surface area (Å²) in [6.45, 7) is 1.68. The molecule has 2 unspecified atom stereocenters. The van der Waals surface area contributed by atoms with Crippen LogP contribution < -0.4 is 15.4 Å². The van der Waals surface area contributed by atoms with Crippen molar-refractivity contribution in [3.63, 3.8) is 0 Å². The molecule has 2 atom stereocenters. The first-order valence-corrected chi connectivity index (χ1v) is 10.4. The lowest BCUT2D eigenvalue weighted by atomic mass is 10.1. The maximum absolute atomic E-state index is 6.00. The number of hydrogen-bond acceptors (Lipinski definition) is 5. The van der Waals surface area contributed by atoms with E-state index in [9.17, 15) is 0 Å². The molecule has 3 nitrogen and oxygen atoms in total. The van der Waals surface area contributed by atoms with Crippen molar-refractivity contribution < 1.29 is 4.74 Å². The SMILES string of the molecule is c1ccc2c(c1)NCC(COc1ccc(CC3CSCN3)cc1)S2. The van der Waals surface area contributed by atoms with Crippen molar-refractivity contribution in [2.45, 2.75) is 22.6 Å². The monoisotopic (exact) mass is 358 g/mol. The minimum absolute atomic E-state index is 0.444. The fraction of sp³-hybridized carbons (Fsp3) is 0.368. The van der Waals surface area contributed by atoms with Gasteiger partial charge in [-0.05, 0) is 36.2 Å². The van der Waals surface area contributed by atoms with Gasteiger partial charge in [-0.1, -0.05) is 24.3 Å². The van der Waals surface area contributed by atoms with Gasteiger partial charge in [-0.3, -0.25) is 0 Å². The van der Waals surface area contributed by atoms with Crippen molar-refractivity contribution in [3.05, 3.63) is 54.1 Å². The lowest BCUT2D eigenvalue weighted by Crippen LogP contribution is -2.27. The maximum Gasteiger partial charge on any atom is 0.119 e. The Morgan fingerprint density at radius 3 is 2.79 bits per heavy atom. The van der Waals surface area contributed by atoms with Crippen molar-refractivity contribution in [1.29, 1.82) is 0 Å². The Hall–Kier alpha value is -1.30. The summed E-state index contributed by atoms with van der Waals surface area (Å²) in [4.78, 5) is 1.31. The smallest absolute Gasteiger partial charge is 0.119 e. The van der Waals surface area contributed by atoms with Gasteiger partial charge in [-0.15, -0.1) is 23.5 Å². The standard InChI is InChI=1S/C19H22N2OS2/c1-2-4-19-18(3-1)20-10-17(24-19)11-22-16-7-5-14(6-8-16)9-15-12-23-13-21-15/h1-8,15,17,20-21H,9-13H2. The molecule has 0 aliphatic carbocycles. The number of fused-ring (bicyclic) bond motifs is 1. The molecule has 1 saturated heterocycles. The normalized spacial score (nSPS) is 22.7. The molecule has 2 aliphatic rings. The van der Waals surface area contributed by atoms with Crippen LogP contribution in [0.1, 0.15) is 5.56 Å². The predicted octanol–water partition coefficient (Wildman–Crippen LogP) is 3.86. The molecule has 4 rings (SSSR count). The topological polar surface area (TPSA) is 33.3 Å². The zero-order chi connectivity index (χ0) is 16.2. The second kappa shape index (κ2) is 7.72. The van der Waals surface area contributed by atoms with Gasteiger partial charge in [-0.25, -0.2) is 0 Å².